The number of hydrogen-bond acceptors (Lipinski definition) is 6. The number of nitrogens with two attached hydrogens (primary N) is 1. The van der Waals surface area contributed by atoms with Crippen LogP contribution in [0.25, 0.3) is 0 Å². The van der Waals surface area contributed by atoms with Crippen LogP contribution >= 0.6 is 0 Å². The molecule has 0 aromatic heterocycles. The molecule has 0 unspecified atom stereocenters. The largest absolute Gasteiger partial charge is 0.323 e. The summed E-state index contributed by atoms with van der Waals surface area (Å²) in [6.45, 7) is 2.15. The average Bonchev–Trinajstić information content (AvgIpc) is 2.38. The number of benzene rings is 1. The van der Waals surface area contributed by atoms with Gasteiger partial charge in [0, 0.05) is 25.7 Å². The van der Waals surface area contributed by atoms with Crippen molar-refractivity contribution in [1.82, 2.24) is 4.31 Å². The first-order valence-electron chi connectivity index (χ1n) is 5.56. The summed E-state index contributed by atoms with van der Waals surface area (Å²) in [6, 6.07) is 3.45. The molecule has 0 aliphatic heterocycles. The Hall–Kier alpha value is -1.71. The number of non-ortho nitro benzene ring substituents is 1. The molecule has 1 aromatic rings. The average molecular weight is 288 g/mol. The van der Waals surface area contributed by atoms with Crippen molar-refractivity contribution in [2.24, 2.45) is 5.84 Å². The highest BCUT2D eigenvalue weighted by Crippen LogP contribution is 2.27. The molecule has 0 aliphatic rings. The van der Waals surface area contributed by atoms with E-state index in [0.29, 0.717) is 13.0 Å². The van der Waals surface area contributed by atoms with Crippen LogP contribution in [0.5, 0.6) is 0 Å². The Morgan fingerprint density at radius 1 is 1.47 bits per heavy atom. The van der Waals surface area contributed by atoms with E-state index in [1.165, 1.54) is 19.2 Å². The molecule has 0 saturated carbocycles. The summed E-state index contributed by atoms with van der Waals surface area (Å²) in [5.74, 6) is 5.24. The van der Waals surface area contributed by atoms with E-state index in [9.17, 15) is 18.5 Å². The fraction of sp³-hybridized carbons (Fsp3) is 0.400. The molecule has 1 aromatic carbocycles. The SMILES string of the molecule is CCCN(C)S(=O)(=O)c1cc([N+](=O)[O-])ccc1NN. The van der Waals surface area contributed by atoms with Crippen LogP contribution in [-0.2, 0) is 10.0 Å². The number of nitrogens with zero attached hydrogens (tertiary/aromatic N) is 2. The maximum Gasteiger partial charge on any atom is 0.270 e. The lowest BCUT2D eigenvalue weighted by molar-refractivity contribution is -0.385. The van der Waals surface area contributed by atoms with Crippen LogP contribution in [0.4, 0.5) is 11.4 Å². The second-order valence-corrected chi connectivity index (χ2v) is 5.92. The van der Waals surface area contributed by atoms with E-state index in [0.717, 1.165) is 10.4 Å². The molecule has 8 nitrogen and oxygen atoms in total. The van der Waals surface area contributed by atoms with E-state index >= 15 is 0 Å². The molecule has 19 heavy (non-hydrogen) atoms. The van der Waals surface area contributed by atoms with Crippen LogP contribution in [0.1, 0.15) is 13.3 Å². The lowest BCUT2D eigenvalue weighted by atomic mass is 10.3. The van der Waals surface area contributed by atoms with Crippen molar-refractivity contribution >= 4 is 21.4 Å². The molecule has 0 aliphatic carbocycles. The number of nitrogens with one attached hydrogen (secondary N) is 1. The van der Waals surface area contributed by atoms with Gasteiger partial charge in [0.05, 0.1) is 10.6 Å². The van der Waals surface area contributed by atoms with Gasteiger partial charge in [-0.3, -0.25) is 16.0 Å². The predicted octanol–water partition coefficient (Wildman–Crippen LogP) is 0.911. The summed E-state index contributed by atoms with van der Waals surface area (Å²) in [4.78, 5) is 9.86. The molecule has 0 amide bonds. The molecule has 0 bridgehead atoms. The number of rotatable bonds is 6. The van der Waals surface area contributed by atoms with E-state index in [4.69, 9.17) is 5.84 Å². The van der Waals surface area contributed by atoms with Gasteiger partial charge in [-0.05, 0) is 12.5 Å². The van der Waals surface area contributed by atoms with Crippen molar-refractivity contribution in [3.8, 4) is 0 Å². The van der Waals surface area contributed by atoms with Crippen LogP contribution in [0.15, 0.2) is 23.1 Å². The van der Waals surface area contributed by atoms with Crippen molar-refractivity contribution in [2.45, 2.75) is 18.2 Å². The first-order valence-corrected chi connectivity index (χ1v) is 7.00. The van der Waals surface area contributed by atoms with E-state index in [-0.39, 0.29) is 16.3 Å². The van der Waals surface area contributed by atoms with Crippen LogP contribution in [0.2, 0.25) is 0 Å². The van der Waals surface area contributed by atoms with Gasteiger partial charge in [0.2, 0.25) is 10.0 Å². The number of sulfonamides is 1. The van der Waals surface area contributed by atoms with Gasteiger partial charge in [-0.2, -0.15) is 0 Å². The molecular formula is C10H16N4O4S. The third-order valence-corrected chi connectivity index (χ3v) is 4.46. The van der Waals surface area contributed by atoms with Gasteiger partial charge in [-0.25, -0.2) is 12.7 Å². The third-order valence-electron chi connectivity index (χ3n) is 2.56. The normalized spacial score (nSPS) is 11.6. The van der Waals surface area contributed by atoms with Gasteiger partial charge in [-0.1, -0.05) is 6.92 Å². The maximum absolute atomic E-state index is 12.3. The lowest BCUT2D eigenvalue weighted by Crippen LogP contribution is -2.28. The molecule has 0 fully saturated rings. The first-order chi connectivity index (χ1) is 8.84. The lowest BCUT2D eigenvalue weighted by Gasteiger charge is -2.18. The van der Waals surface area contributed by atoms with Gasteiger partial charge >= 0.3 is 0 Å². The van der Waals surface area contributed by atoms with Gasteiger partial charge in [0.1, 0.15) is 4.90 Å². The standard InChI is InChI=1S/C10H16N4O4S/c1-3-6-13(2)19(17,18)10-7-8(14(15)16)4-5-9(10)12-11/h4-5,7,12H,3,6,11H2,1-2H3. The van der Waals surface area contributed by atoms with Crippen molar-refractivity contribution in [3.63, 3.8) is 0 Å². The molecule has 1 rings (SSSR count). The summed E-state index contributed by atoms with van der Waals surface area (Å²) in [6.07, 6.45) is 0.635. The topological polar surface area (TPSA) is 119 Å². The predicted molar refractivity (Wildman–Crippen MR) is 71.0 cm³/mol. The Bertz CT molecular complexity index is 573. The Morgan fingerprint density at radius 2 is 2.11 bits per heavy atom. The zero-order valence-electron chi connectivity index (χ0n) is 10.7. The zero-order chi connectivity index (χ0) is 14.6. The minimum atomic E-state index is -3.81. The van der Waals surface area contributed by atoms with Crippen molar-refractivity contribution < 1.29 is 13.3 Å². The molecule has 106 valence electrons. The Labute approximate surface area is 111 Å². The Kier molecular flexibility index (Phi) is 4.81. The van der Waals surface area contributed by atoms with E-state index in [1.54, 1.807) is 0 Å². The second-order valence-electron chi connectivity index (χ2n) is 3.91. The molecule has 0 saturated heterocycles. The fourth-order valence-corrected chi connectivity index (χ4v) is 2.99. The van der Waals surface area contributed by atoms with Crippen molar-refractivity contribution in [1.29, 1.82) is 0 Å². The third kappa shape index (κ3) is 3.19. The number of hydrogen-bond donors (Lipinski definition) is 2. The first kappa shape index (κ1) is 15.3. The fourth-order valence-electron chi connectivity index (χ4n) is 1.56. The molecule has 0 spiro atoms. The van der Waals surface area contributed by atoms with E-state index in [1.807, 2.05) is 6.92 Å². The quantitative estimate of drug-likeness (QED) is 0.456. The van der Waals surface area contributed by atoms with E-state index < -0.39 is 14.9 Å². The minimum absolute atomic E-state index is 0.119. The Morgan fingerprint density at radius 3 is 2.58 bits per heavy atom. The monoisotopic (exact) mass is 288 g/mol. The number of nitrogen functional groups attached to an aromatic ring is 1. The molecule has 0 heterocycles. The molecular weight excluding hydrogens is 272 g/mol. The highest BCUT2D eigenvalue weighted by atomic mass is 32.2. The van der Waals surface area contributed by atoms with Crippen molar-refractivity contribution in [3.05, 3.63) is 28.3 Å². The van der Waals surface area contributed by atoms with Gasteiger partial charge in [0.25, 0.3) is 5.69 Å². The molecule has 9 heteroatoms. The second kappa shape index (κ2) is 5.95. The molecule has 3 N–H and O–H groups in total. The van der Waals surface area contributed by atoms with Gasteiger partial charge in [-0.15, -0.1) is 0 Å². The van der Waals surface area contributed by atoms with Gasteiger partial charge in [0.15, 0.2) is 0 Å². The maximum atomic E-state index is 12.3. The minimum Gasteiger partial charge on any atom is -0.323 e. The Balaban J connectivity index is 3.38. The molecule has 0 atom stereocenters. The highest BCUT2D eigenvalue weighted by molar-refractivity contribution is 7.89. The van der Waals surface area contributed by atoms with Crippen LogP contribution in [-0.4, -0.2) is 31.2 Å². The number of nitro groups is 1. The smallest absolute Gasteiger partial charge is 0.270 e. The summed E-state index contributed by atoms with van der Waals surface area (Å²) in [5.41, 5.74) is 2.05. The number of nitro benzene ring substituents is 1. The van der Waals surface area contributed by atoms with Crippen LogP contribution in [0.3, 0.4) is 0 Å². The summed E-state index contributed by atoms with van der Waals surface area (Å²) in [7, 11) is -2.40. The van der Waals surface area contributed by atoms with Crippen LogP contribution < -0.4 is 11.3 Å². The molecule has 0 radical (unpaired) electrons. The number of hydrazine groups is 1. The van der Waals surface area contributed by atoms with Crippen molar-refractivity contribution in [2.75, 3.05) is 19.0 Å². The summed E-state index contributed by atoms with van der Waals surface area (Å²) < 4.78 is 25.7. The zero-order valence-corrected chi connectivity index (χ0v) is 11.5. The summed E-state index contributed by atoms with van der Waals surface area (Å²) >= 11 is 0. The van der Waals surface area contributed by atoms with Crippen LogP contribution in [0, 0.1) is 10.1 Å². The van der Waals surface area contributed by atoms with E-state index in [2.05, 4.69) is 5.43 Å². The highest BCUT2D eigenvalue weighted by Gasteiger charge is 2.25. The number of anilines is 1. The van der Waals surface area contributed by atoms with Gasteiger partial charge < -0.3 is 5.43 Å². The summed E-state index contributed by atoms with van der Waals surface area (Å²) in [5, 5.41) is 10.7.